The van der Waals surface area contributed by atoms with Crippen molar-refractivity contribution in [3.63, 3.8) is 0 Å². The van der Waals surface area contributed by atoms with Crippen LogP contribution < -0.4 is 0 Å². The van der Waals surface area contributed by atoms with Gasteiger partial charge in [0.2, 0.25) is 11.8 Å². The Kier molecular flexibility index (Phi) is 6.88. The lowest BCUT2D eigenvalue weighted by atomic mass is 9.84. The number of aliphatic hydroxyl groups is 1. The average molecular weight is 324 g/mol. The minimum absolute atomic E-state index is 0.0453. The van der Waals surface area contributed by atoms with Gasteiger partial charge < -0.3 is 14.9 Å². The van der Waals surface area contributed by atoms with Crippen LogP contribution >= 0.6 is 0 Å². The van der Waals surface area contributed by atoms with Gasteiger partial charge >= 0.3 is 0 Å². The molecule has 1 saturated carbocycles. The molecule has 2 rings (SSSR count). The average Bonchev–Trinajstić information content (AvgIpc) is 2.59. The van der Waals surface area contributed by atoms with Crippen LogP contribution in [0.25, 0.3) is 0 Å². The van der Waals surface area contributed by atoms with Crippen LogP contribution in [0.1, 0.15) is 64.7 Å². The second kappa shape index (κ2) is 8.67. The first kappa shape index (κ1) is 18.2. The van der Waals surface area contributed by atoms with Crippen LogP contribution in [0, 0.1) is 5.92 Å². The van der Waals surface area contributed by atoms with E-state index >= 15 is 0 Å². The number of amides is 2. The Hall–Kier alpha value is -1.10. The summed E-state index contributed by atoms with van der Waals surface area (Å²) in [7, 11) is 1.88. The van der Waals surface area contributed by atoms with E-state index in [2.05, 4.69) is 6.92 Å². The van der Waals surface area contributed by atoms with Gasteiger partial charge in [-0.2, -0.15) is 0 Å². The molecule has 2 amide bonds. The third kappa shape index (κ3) is 5.20. The van der Waals surface area contributed by atoms with E-state index in [9.17, 15) is 14.7 Å². The van der Waals surface area contributed by atoms with Gasteiger partial charge in [0, 0.05) is 39.0 Å². The van der Waals surface area contributed by atoms with Gasteiger partial charge in [-0.15, -0.1) is 0 Å². The lowest BCUT2D eigenvalue weighted by molar-refractivity contribution is -0.139. The van der Waals surface area contributed by atoms with Crippen LogP contribution in [0.15, 0.2) is 0 Å². The summed E-state index contributed by atoms with van der Waals surface area (Å²) in [6.45, 7) is 3.37. The molecule has 0 bridgehead atoms. The standard InChI is InChI=1S/C18H32N2O3/c1-14(15-6-4-3-5-7-15)19(2)17(22)8-9-18(23)20-12-10-16(21)11-13-20/h14-16,21H,3-13H2,1-2H3/t14-/m0/s1. The molecule has 23 heavy (non-hydrogen) atoms. The number of aliphatic hydroxyl groups excluding tert-OH is 1. The quantitative estimate of drug-likeness (QED) is 0.843. The van der Waals surface area contributed by atoms with Crippen LogP contribution in [-0.4, -0.2) is 59.0 Å². The van der Waals surface area contributed by atoms with E-state index in [4.69, 9.17) is 0 Å². The Morgan fingerprint density at radius 1 is 1.09 bits per heavy atom. The monoisotopic (exact) mass is 324 g/mol. The van der Waals surface area contributed by atoms with E-state index in [1.54, 1.807) is 4.90 Å². The predicted molar refractivity (Wildman–Crippen MR) is 89.9 cm³/mol. The molecule has 0 aromatic heterocycles. The largest absolute Gasteiger partial charge is 0.393 e. The maximum absolute atomic E-state index is 12.4. The fourth-order valence-corrected chi connectivity index (χ4v) is 3.82. The number of nitrogens with zero attached hydrogens (tertiary/aromatic N) is 2. The van der Waals surface area contributed by atoms with E-state index in [0.29, 0.717) is 38.3 Å². The summed E-state index contributed by atoms with van der Waals surface area (Å²) < 4.78 is 0. The Morgan fingerprint density at radius 2 is 1.70 bits per heavy atom. The normalized spacial score (nSPS) is 22.0. The van der Waals surface area contributed by atoms with Crippen LogP contribution in [-0.2, 0) is 9.59 Å². The maximum atomic E-state index is 12.4. The highest BCUT2D eigenvalue weighted by atomic mass is 16.3. The van der Waals surface area contributed by atoms with Crippen molar-refractivity contribution in [3.8, 4) is 0 Å². The number of piperidine rings is 1. The number of carbonyl (C=O) groups excluding carboxylic acids is 2. The molecule has 1 N–H and O–H groups in total. The van der Waals surface area contributed by atoms with E-state index < -0.39 is 0 Å². The summed E-state index contributed by atoms with van der Waals surface area (Å²) in [6, 6.07) is 0.267. The van der Waals surface area contributed by atoms with Crippen molar-refractivity contribution in [2.45, 2.75) is 76.9 Å². The number of hydrogen-bond acceptors (Lipinski definition) is 3. The first-order chi connectivity index (χ1) is 11.0. The van der Waals surface area contributed by atoms with E-state index in [0.717, 1.165) is 0 Å². The molecule has 0 unspecified atom stereocenters. The van der Waals surface area contributed by atoms with Crippen molar-refractivity contribution in [1.29, 1.82) is 0 Å². The van der Waals surface area contributed by atoms with Gasteiger partial charge in [0.25, 0.3) is 0 Å². The minimum Gasteiger partial charge on any atom is -0.393 e. The van der Waals surface area contributed by atoms with Gasteiger partial charge in [-0.05, 0) is 38.5 Å². The Labute approximate surface area is 140 Å². The molecule has 0 aromatic carbocycles. The molecular weight excluding hydrogens is 292 g/mol. The summed E-state index contributed by atoms with van der Waals surface area (Å²) >= 11 is 0. The maximum Gasteiger partial charge on any atom is 0.223 e. The lowest BCUT2D eigenvalue weighted by Gasteiger charge is -2.34. The Balaban J connectivity index is 1.73. The molecular formula is C18H32N2O3. The number of rotatable bonds is 5. The SMILES string of the molecule is C[C@@H](C1CCCCC1)N(C)C(=O)CCC(=O)N1CCC(O)CC1. The molecule has 1 saturated heterocycles. The summed E-state index contributed by atoms with van der Waals surface area (Å²) in [6.07, 6.45) is 7.91. The van der Waals surface area contributed by atoms with Crippen molar-refractivity contribution in [3.05, 3.63) is 0 Å². The van der Waals surface area contributed by atoms with Crippen molar-refractivity contribution < 1.29 is 14.7 Å². The zero-order chi connectivity index (χ0) is 16.8. The zero-order valence-corrected chi connectivity index (χ0v) is 14.7. The third-order valence-electron chi connectivity index (χ3n) is 5.71. The van der Waals surface area contributed by atoms with Crippen molar-refractivity contribution in [2.24, 2.45) is 5.92 Å². The first-order valence-electron chi connectivity index (χ1n) is 9.20. The molecule has 2 aliphatic rings. The van der Waals surface area contributed by atoms with E-state index in [1.807, 2.05) is 11.9 Å². The van der Waals surface area contributed by atoms with Crippen molar-refractivity contribution in [1.82, 2.24) is 9.80 Å². The van der Waals surface area contributed by atoms with Gasteiger partial charge in [0.15, 0.2) is 0 Å². The summed E-state index contributed by atoms with van der Waals surface area (Å²) in [5.41, 5.74) is 0. The third-order valence-corrected chi connectivity index (χ3v) is 5.71. The Bertz CT molecular complexity index is 399. The molecule has 0 radical (unpaired) electrons. The summed E-state index contributed by atoms with van der Waals surface area (Å²) in [5, 5.41) is 9.49. The van der Waals surface area contributed by atoms with E-state index in [-0.39, 0.29) is 30.4 Å². The summed E-state index contributed by atoms with van der Waals surface area (Å²) in [5.74, 6) is 0.731. The molecule has 0 aromatic rings. The topological polar surface area (TPSA) is 60.9 Å². The lowest BCUT2D eigenvalue weighted by Crippen LogP contribution is -2.42. The predicted octanol–water partition coefficient (Wildman–Crippen LogP) is 2.18. The number of carbonyl (C=O) groups is 2. The van der Waals surface area contributed by atoms with Gasteiger partial charge in [0.05, 0.1) is 6.10 Å². The second-order valence-electron chi connectivity index (χ2n) is 7.26. The molecule has 0 spiro atoms. The van der Waals surface area contributed by atoms with Crippen LogP contribution in [0.3, 0.4) is 0 Å². The van der Waals surface area contributed by atoms with Crippen LogP contribution in [0.4, 0.5) is 0 Å². The highest BCUT2D eigenvalue weighted by Gasteiger charge is 2.27. The van der Waals surface area contributed by atoms with Gasteiger partial charge in [-0.1, -0.05) is 19.3 Å². The number of hydrogen-bond donors (Lipinski definition) is 1. The molecule has 1 aliphatic carbocycles. The highest BCUT2D eigenvalue weighted by Crippen LogP contribution is 2.28. The van der Waals surface area contributed by atoms with Gasteiger partial charge in [-0.25, -0.2) is 0 Å². The summed E-state index contributed by atoms with van der Waals surface area (Å²) in [4.78, 5) is 28.2. The zero-order valence-electron chi connectivity index (χ0n) is 14.7. The van der Waals surface area contributed by atoms with Crippen molar-refractivity contribution >= 4 is 11.8 Å². The fourth-order valence-electron chi connectivity index (χ4n) is 3.82. The van der Waals surface area contributed by atoms with Crippen molar-refractivity contribution in [2.75, 3.05) is 20.1 Å². The van der Waals surface area contributed by atoms with Crippen LogP contribution in [0.5, 0.6) is 0 Å². The van der Waals surface area contributed by atoms with Gasteiger partial charge in [0.1, 0.15) is 0 Å². The molecule has 1 aliphatic heterocycles. The molecule has 132 valence electrons. The molecule has 1 heterocycles. The van der Waals surface area contributed by atoms with Gasteiger partial charge in [-0.3, -0.25) is 9.59 Å². The molecule has 2 fully saturated rings. The molecule has 5 heteroatoms. The second-order valence-corrected chi connectivity index (χ2v) is 7.26. The Morgan fingerprint density at radius 3 is 2.30 bits per heavy atom. The van der Waals surface area contributed by atoms with E-state index in [1.165, 1.54) is 32.1 Å². The number of likely N-dealkylation sites (tertiary alicyclic amines) is 1. The highest BCUT2D eigenvalue weighted by molar-refractivity contribution is 5.83. The molecule has 5 nitrogen and oxygen atoms in total. The fraction of sp³-hybridized carbons (Fsp3) is 0.889. The van der Waals surface area contributed by atoms with Crippen LogP contribution in [0.2, 0.25) is 0 Å². The molecule has 1 atom stereocenters. The smallest absolute Gasteiger partial charge is 0.223 e. The first-order valence-corrected chi connectivity index (χ1v) is 9.20. The minimum atomic E-state index is -0.275.